The molecule has 194 valence electrons. The number of carbonyl (C=O) groups is 1. The van der Waals surface area contributed by atoms with E-state index in [1.807, 2.05) is 45.0 Å². The molecule has 2 aliphatic heterocycles. The van der Waals surface area contributed by atoms with Gasteiger partial charge in [-0.3, -0.25) is 4.90 Å². The average Bonchev–Trinajstić information content (AvgIpc) is 3.51. The topological polar surface area (TPSA) is 90.5 Å². The van der Waals surface area contributed by atoms with Gasteiger partial charge in [0.15, 0.2) is 0 Å². The molecule has 1 atom stereocenters. The molecule has 1 aromatic carbocycles. The van der Waals surface area contributed by atoms with Crippen molar-refractivity contribution in [2.45, 2.75) is 58.7 Å². The maximum atomic E-state index is 12.7. The molecular formula is C28H35N7O2. The summed E-state index contributed by atoms with van der Waals surface area (Å²) < 4.78 is 7.69. The Hall–Kier alpha value is -3.64. The number of likely N-dealkylation sites (tertiary alicyclic amines) is 1. The third-order valence-corrected chi connectivity index (χ3v) is 7.04. The number of ether oxygens (including phenoxy) is 1. The Morgan fingerprint density at radius 1 is 1.16 bits per heavy atom. The molecule has 2 aliphatic rings. The van der Waals surface area contributed by atoms with E-state index in [1.54, 1.807) is 11.2 Å². The van der Waals surface area contributed by atoms with Crippen LogP contribution in [0.2, 0.25) is 0 Å². The van der Waals surface area contributed by atoms with Gasteiger partial charge in [0.2, 0.25) is 0 Å². The van der Waals surface area contributed by atoms with Crippen molar-refractivity contribution in [3.8, 4) is 11.8 Å². The largest absolute Gasteiger partial charge is 0.444 e. The molecule has 4 heterocycles. The van der Waals surface area contributed by atoms with Crippen molar-refractivity contribution in [1.82, 2.24) is 24.3 Å². The summed E-state index contributed by atoms with van der Waals surface area (Å²) in [6.45, 7) is 12.6. The molecular weight excluding hydrogens is 466 g/mol. The molecule has 2 aromatic heterocycles. The number of fused-ring (bicyclic) bond motifs is 1. The Labute approximate surface area is 218 Å². The lowest BCUT2D eigenvalue weighted by Crippen LogP contribution is -2.54. The van der Waals surface area contributed by atoms with Gasteiger partial charge in [0, 0.05) is 44.1 Å². The van der Waals surface area contributed by atoms with Crippen LogP contribution < -0.4 is 4.90 Å². The Morgan fingerprint density at radius 2 is 1.95 bits per heavy atom. The molecule has 0 spiro atoms. The van der Waals surface area contributed by atoms with Crippen LogP contribution >= 0.6 is 0 Å². The number of piperazine rings is 1. The van der Waals surface area contributed by atoms with E-state index in [0.717, 1.165) is 42.2 Å². The van der Waals surface area contributed by atoms with Crippen LogP contribution in [-0.2, 0) is 11.3 Å². The number of nitriles is 1. The molecule has 0 saturated carbocycles. The summed E-state index contributed by atoms with van der Waals surface area (Å²) in [5, 5.41) is 10.5. The van der Waals surface area contributed by atoms with E-state index >= 15 is 0 Å². The van der Waals surface area contributed by atoms with Gasteiger partial charge in [0.25, 0.3) is 0 Å². The summed E-state index contributed by atoms with van der Waals surface area (Å²) in [7, 11) is 0. The highest BCUT2D eigenvalue weighted by Gasteiger charge is 2.32. The molecule has 0 radical (unpaired) electrons. The number of nitrogens with zero attached hydrogens (tertiary/aromatic N) is 7. The van der Waals surface area contributed by atoms with Crippen LogP contribution in [0.1, 0.15) is 51.7 Å². The van der Waals surface area contributed by atoms with Gasteiger partial charge < -0.3 is 19.1 Å². The minimum Gasteiger partial charge on any atom is -0.444 e. The van der Waals surface area contributed by atoms with Crippen molar-refractivity contribution >= 4 is 22.9 Å². The quantitative estimate of drug-likeness (QED) is 0.525. The summed E-state index contributed by atoms with van der Waals surface area (Å²) in [6.07, 6.45) is 5.94. The van der Waals surface area contributed by atoms with Gasteiger partial charge in [-0.2, -0.15) is 5.26 Å². The molecule has 2 fully saturated rings. The Balaban J connectivity index is 1.52. The van der Waals surface area contributed by atoms with Gasteiger partial charge >= 0.3 is 6.09 Å². The number of amides is 1. The van der Waals surface area contributed by atoms with Crippen LogP contribution in [0.5, 0.6) is 0 Å². The van der Waals surface area contributed by atoms with Gasteiger partial charge in [0.1, 0.15) is 23.4 Å². The molecule has 0 bridgehead atoms. The van der Waals surface area contributed by atoms with Crippen molar-refractivity contribution in [3.63, 3.8) is 0 Å². The summed E-state index contributed by atoms with van der Waals surface area (Å²) >= 11 is 0. The van der Waals surface area contributed by atoms with E-state index in [4.69, 9.17) is 14.7 Å². The standard InChI is InChI=1S/C28H35N7O2/c1-20-16-33(27(36)37-28(2,3)4)12-13-34(20)25-24-22(17-32-10-5-6-11-32)18-35(26(24)31-19-30-25)23-9-7-8-21(14-23)15-29/h7-9,14,18-20H,5-6,10-13,16-17H2,1-4H3/t20-/m0/s1. The van der Waals surface area contributed by atoms with E-state index in [-0.39, 0.29) is 12.1 Å². The summed E-state index contributed by atoms with van der Waals surface area (Å²) in [5.74, 6) is 0.894. The molecule has 9 nitrogen and oxygen atoms in total. The monoisotopic (exact) mass is 501 g/mol. The Bertz CT molecular complexity index is 1330. The SMILES string of the molecule is C[C@H]1CN(C(=O)OC(C)(C)C)CCN1c1ncnc2c1c(CN1CCCC1)cn2-c1cccc(C#N)c1. The molecule has 0 unspecified atom stereocenters. The van der Waals surface area contributed by atoms with E-state index in [1.165, 1.54) is 18.4 Å². The van der Waals surface area contributed by atoms with E-state index in [2.05, 4.69) is 33.6 Å². The van der Waals surface area contributed by atoms with E-state index in [0.29, 0.717) is 25.2 Å². The average molecular weight is 502 g/mol. The van der Waals surface area contributed by atoms with Crippen molar-refractivity contribution in [3.05, 3.63) is 47.9 Å². The second kappa shape index (κ2) is 10.0. The van der Waals surface area contributed by atoms with Crippen LogP contribution in [0.3, 0.4) is 0 Å². The number of anilines is 1. The maximum absolute atomic E-state index is 12.7. The van der Waals surface area contributed by atoms with Crippen LogP contribution in [0.15, 0.2) is 36.8 Å². The molecule has 9 heteroatoms. The predicted molar refractivity (Wildman–Crippen MR) is 143 cm³/mol. The highest BCUT2D eigenvalue weighted by molar-refractivity contribution is 5.92. The van der Waals surface area contributed by atoms with Gasteiger partial charge in [0.05, 0.1) is 17.0 Å². The number of aromatic nitrogens is 3. The zero-order chi connectivity index (χ0) is 26.2. The lowest BCUT2D eigenvalue weighted by molar-refractivity contribution is 0.0218. The van der Waals surface area contributed by atoms with E-state index < -0.39 is 5.60 Å². The molecule has 1 amide bonds. The van der Waals surface area contributed by atoms with Crippen LogP contribution in [0.4, 0.5) is 10.6 Å². The lowest BCUT2D eigenvalue weighted by Gasteiger charge is -2.41. The first-order chi connectivity index (χ1) is 17.7. The predicted octanol–water partition coefficient (Wildman–Crippen LogP) is 4.33. The molecule has 0 aliphatic carbocycles. The normalized spacial score (nSPS) is 18.8. The molecule has 2 saturated heterocycles. The maximum Gasteiger partial charge on any atom is 0.410 e. The molecule has 3 aromatic rings. The fourth-order valence-electron chi connectivity index (χ4n) is 5.32. The number of carbonyl (C=O) groups excluding carboxylic acids is 1. The second-order valence-corrected chi connectivity index (χ2v) is 11.0. The zero-order valence-electron chi connectivity index (χ0n) is 22.1. The zero-order valence-corrected chi connectivity index (χ0v) is 22.1. The summed E-state index contributed by atoms with van der Waals surface area (Å²) in [5.41, 5.74) is 3.01. The minimum absolute atomic E-state index is 0.0595. The third-order valence-electron chi connectivity index (χ3n) is 7.04. The van der Waals surface area contributed by atoms with Crippen molar-refractivity contribution in [1.29, 1.82) is 5.26 Å². The number of hydrogen-bond donors (Lipinski definition) is 0. The van der Waals surface area contributed by atoms with Crippen LogP contribution in [-0.4, -0.2) is 74.8 Å². The third kappa shape index (κ3) is 5.25. The van der Waals surface area contributed by atoms with Crippen molar-refractivity contribution in [2.24, 2.45) is 0 Å². The smallest absolute Gasteiger partial charge is 0.410 e. The first kappa shape index (κ1) is 25.0. The lowest BCUT2D eigenvalue weighted by atomic mass is 10.1. The fourth-order valence-corrected chi connectivity index (χ4v) is 5.32. The van der Waals surface area contributed by atoms with Crippen LogP contribution in [0.25, 0.3) is 16.7 Å². The number of rotatable bonds is 4. The second-order valence-electron chi connectivity index (χ2n) is 11.0. The van der Waals surface area contributed by atoms with Gasteiger partial charge in [-0.1, -0.05) is 6.07 Å². The highest BCUT2D eigenvalue weighted by atomic mass is 16.6. The first-order valence-electron chi connectivity index (χ1n) is 13.1. The fraction of sp³-hybridized carbons (Fsp3) is 0.500. The number of hydrogen-bond acceptors (Lipinski definition) is 7. The Morgan fingerprint density at radius 3 is 2.65 bits per heavy atom. The van der Waals surface area contributed by atoms with Crippen molar-refractivity contribution < 1.29 is 9.53 Å². The van der Waals surface area contributed by atoms with Crippen LogP contribution in [0, 0.1) is 11.3 Å². The molecule has 5 rings (SSSR count). The molecule has 0 N–H and O–H groups in total. The van der Waals surface area contributed by atoms with E-state index in [9.17, 15) is 10.1 Å². The highest BCUT2D eigenvalue weighted by Crippen LogP contribution is 2.34. The first-order valence-corrected chi connectivity index (χ1v) is 13.1. The summed E-state index contributed by atoms with van der Waals surface area (Å²) in [6, 6.07) is 9.91. The minimum atomic E-state index is -0.521. The molecule has 37 heavy (non-hydrogen) atoms. The van der Waals surface area contributed by atoms with Crippen molar-refractivity contribution in [2.75, 3.05) is 37.6 Å². The Kier molecular flexibility index (Phi) is 6.78. The van der Waals surface area contributed by atoms with Gasteiger partial charge in [-0.15, -0.1) is 0 Å². The van der Waals surface area contributed by atoms with Gasteiger partial charge in [-0.25, -0.2) is 14.8 Å². The van der Waals surface area contributed by atoms with Gasteiger partial charge in [-0.05, 0) is 77.4 Å². The summed E-state index contributed by atoms with van der Waals surface area (Å²) in [4.78, 5) is 28.7. The number of benzene rings is 1.